The third-order valence-corrected chi connectivity index (χ3v) is 6.52. The Morgan fingerprint density at radius 3 is 2.35 bits per heavy atom. The molecular formula is C19H24N2O4S. The lowest BCUT2D eigenvalue weighted by molar-refractivity contribution is -0.0380. The Balaban J connectivity index is 1.58. The molecule has 0 aromatic heterocycles. The Morgan fingerprint density at radius 1 is 1.08 bits per heavy atom. The SMILES string of the molecule is O=S(=O)(c1ccccc1)N1C[C@@H](O)[C@](O)(CNCCc2ccccc2)C1. The van der Waals surface area contributed by atoms with Crippen LogP contribution in [-0.4, -0.2) is 60.8 Å². The first-order valence-corrected chi connectivity index (χ1v) is 10.1. The molecule has 0 bridgehead atoms. The van der Waals surface area contributed by atoms with Crippen molar-refractivity contribution >= 4 is 10.0 Å². The molecule has 1 aliphatic rings. The summed E-state index contributed by atoms with van der Waals surface area (Å²) < 4.78 is 26.5. The Kier molecular flexibility index (Phi) is 5.74. The number of sulfonamides is 1. The molecule has 3 N–H and O–H groups in total. The number of nitrogens with one attached hydrogen (secondary N) is 1. The van der Waals surface area contributed by atoms with Crippen molar-refractivity contribution in [2.24, 2.45) is 0 Å². The molecule has 0 spiro atoms. The highest BCUT2D eigenvalue weighted by Gasteiger charge is 2.48. The largest absolute Gasteiger partial charge is 0.389 e. The minimum absolute atomic E-state index is 0.117. The summed E-state index contributed by atoms with van der Waals surface area (Å²) in [5.41, 5.74) is -0.328. The van der Waals surface area contributed by atoms with Crippen LogP contribution in [0.1, 0.15) is 5.56 Å². The molecule has 2 aromatic rings. The summed E-state index contributed by atoms with van der Waals surface area (Å²) in [7, 11) is -3.73. The average molecular weight is 376 g/mol. The van der Waals surface area contributed by atoms with E-state index in [0.29, 0.717) is 6.54 Å². The minimum atomic E-state index is -3.73. The van der Waals surface area contributed by atoms with E-state index in [4.69, 9.17) is 0 Å². The van der Waals surface area contributed by atoms with E-state index < -0.39 is 21.7 Å². The summed E-state index contributed by atoms with van der Waals surface area (Å²) in [4.78, 5) is 0.161. The minimum Gasteiger partial charge on any atom is -0.389 e. The zero-order chi connectivity index (χ0) is 18.6. The van der Waals surface area contributed by atoms with Gasteiger partial charge in [-0.25, -0.2) is 8.42 Å². The van der Waals surface area contributed by atoms with Gasteiger partial charge >= 0.3 is 0 Å². The molecule has 0 unspecified atom stereocenters. The topological polar surface area (TPSA) is 89.9 Å². The molecule has 2 atom stereocenters. The fourth-order valence-corrected chi connectivity index (χ4v) is 4.65. The maximum atomic E-state index is 12.7. The van der Waals surface area contributed by atoms with Gasteiger partial charge in [0.25, 0.3) is 0 Å². The van der Waals surface area contributed by atoms with Crippen molar-refractivity contribution < 1.29 is 18.6 Å². The van der Waals surface area contributed by atoms with Crippen LogP contribution in [0.3, 0.4) is 0 Å². The highest BCUT2D eigenvalue weighted by molar-refractivity contribution is 7.89. The second-order valence-electron chi connectivity index (χ2n) is 6.64. The maximum absolute atomic E-state index is 12.7. The fraction of sp³-hybridized carbons (Fsp3) is 0.368. The first-order chi connectivity index (χ1) is 12.4. The van der Waals surface area contributed by atoms with Crippen molar-refractivity contribution in [2.75, 3.05) is 26.2 Å². The lowest BCUT2D eigenvalue weighted by Gasteiger charge is -2.26. The van der Waals surface area contributed by atoms with Crippen molar-refractivity contribution in [3.05, 3.63) is 66.2 Å². The Bertz CT molecular complexity index is 814. The first-order valence-electron chi connectivity index (χ1n) is 8.62. The normalized spacial score (nSPS) is 24.0. The summed E-state index contributed by atoms with van der Waals surface area (Å²) in [5.74, 6) is 0. The summed E-state index contributed by atoms with van der Waals surface area (Å²) in [6, 6.07) is 18.0. The summed E-state index contributed by atoms with van der Waals surface area (Å²) in [6.07, 6.45) is -0.343. The van der Waals surface area contributed by atoms with E-state index in [9.17, 15) is 18.6 Å². The molecule has 0 radical (unpaired) electrons. The average Bonchev–Trinajstić information content (AvgIpc) is 2.96. The van der Waals surface area contributed by atoms with E-state index in [1.807, 2.05) is 30.3 Å². The highest BCUT2D eigenvalue weighted by atomic mass is 32.2. The van der Waals surface area contributed by atoms with E-state index in [1.54, 1.807) is 18.2 Å². The van der Waals surface area contributed by atoms with Crippen LogP contribution in [0.2, 0.25) is 0 Å². The zero-order valence-corrected chi connectivity index (χ0v) is 15.3. The third kappa shape index (κ3) is 4.13. The van der Waals surface area contributed by atoms with Crippen LogP contribution >= 0.6 is 0 Å². The number of aliphatic hydroxyl groups is 2. The van der Waals surface area contributed by atoms with Gasteiger partial charge in [0.05, 0.1) is 11.0 Å². The van der Waals surface area contributed by atoms with Gasteiger partial charge in [-0.3, -0.25) is 0 Å². The molecule has 140 valence electrons. The lowest BCUT2D eigenvalue weighted by atomic mass is 10.0. The van der Waals surface area contributed by atoms with E-state index in [2.05, 4.69) is 5.32 Å². The molecule has 0 saturated carbocycles. The molecular weight excluding hydrogens is 352 g/mol. The fourth-order valence-electron chi connectivity index (χ4n) is 3.12. The predicted octanol–water partition coefficient (Wildman–Crippen LogP) is 0.615. The molecule has 6 nitrogen and oxygen atoms in total. The number of hydrogen-bond acceptors (Lipinski definition) is 5. The molecule has 2 aromatic carbocycles. The van der Waals surface area contributed by atoms with Gasteiger partial charge in [-0.1, -0.05) is 48.5 Å². The Labute approximate surface area is 154 Å². The van der Waals surface area contributed by atoms with E-state index in [-0.39, 0.29) is 24.5 Å². The van der Waals surface area contributed by atoms with Crippen LogP contribution in [0.15, 0.2) is 65.6 Å². The molecule has 1 heterocycles. The van der Waals surface area contributed by atoms with Crippen LogP contribution in [-0.2, 0) is 16.4 Å². The van der Waals surface area contributed by atoms with Gasteiger partial charge in [0.2, 0.25) is 10.0 Å². The monoisotopic (exact) mass is 376 g/mol. The molecule has 1 saturated heterocycles. The van der Waals surface area contributed by atoms with Crippen LogP contribution in [0.5, 0.6) is 0 Å². The van der Waals surface area contributed by atoms with Crippen LogP contribution in [0.25, 0.3) is 0 Å². The third-order valence-electron chi connectivity index (χ3n) is 4.69. The van der Waals surface area contributed by atoms with Crippen LogP contribution in [0.4, 0.5) is 0 Å². The van der Waals surface area contributed by atoms with Crippen molar-refractivity contribution in [2.45, 2.75) is 23.0 Å². The first kappa shape index (κ1) is 19.0. The number of rotatable bonds is 7. The quantitative estimate of drug-likeness (QED) is 0.616. The smallest absolute Gasteiger partial charge is 0.243 e. The zero-order valence-electron chi connectivity index (χ0n) is 14.5. The van der Waals surface area contributed by atoms with Gasteiger partial charge in [-0.05, 0) is 30.7 Å². The lowest BCUT2D eigenvalue weighted by Crippen LogP contribution is -2.50. The van der Waals surface area contributed by atoms with Crippen LogP contribution < -0.4 is 5.32 Å². The number of nitrogens with zero attached hydrogens (tertiary/aromatic N) is 1. The van der Waals surface area contributed by atoms with Crippen molar-refractivity contribution in [1.29, 1.82) is 0 Å². The molecule has 3 rings (SSSR count). The summed E-state index contributed by atoms with van der Waals surface area (Å²) in [5, 5.41) is 24.1. The molecule has 1 aliphatic heterocycles. The van der Waals surface area contributed by atoms with E-state index in [1.165, 1.54) is 17.7 Å². The van der Waals surface area contributed by atoms with Gasteiger partial charge in [0.1, 0.15) is 5.60 Å². The second-order valence-corrected chi connectivity index (χ2v) is 8.58. The molecule has 0 aliphatic carbocycles. The standard InChI is InChI=1S/C19H24N2O4S/c22-18-13-21(26(24,25)17-9-5-2-6-10-17)15-19(18,23)14-20-12-11-16-7-3-1-4-8-16/h1-10,18,20,22-23H,11-15H2/t18-,19+/m1/s1. The van der Waals surface area contributed by atoms with Gasteiger partial charge in [0.15, 0.2) is 0 Å². The van der Waals surface area contributed by atoms with Crippen molar-refractivity contribution in [3.8, 4) is 0 Å². The van der Waals surface area contributed by atoms with E-state index >= 15 is 0 Å². The number of benzene rings is 2. The predicted molar refractivity (Wildman–Crippen MR) is 99.2 cm³/mol. The molecule has 1 fully saturated rings. The van der Waals surface area contributed by atoms with Gasteiger partial charge in [0, 0.05) is 19.6 Å². The second kappa shape index (κ2) is 7.85. The van der Waals surface area contributed by atoms with Gasteiger partial charge in [-0.15, -0.1) is 0 Å². The van der Waals surface area contributed by atoms with Crippen molar-refractivity contribution in [3.63, 3.8) is 0 Å². The highest BCUT2D eigenvalue weighted by Crippen LogP contribution is 2.27. The molecule has 26 heavy (non-hydrogen) atoms. The Morgan fingerprint density at radius 2 is 1.69 bits per heavy atom. The molecule has 0 amide bonds. The van der Waals surface area contributed by atoms with E-state index in [0.717, 1.165) is 10.7 Å². The van der Waals surface area contributed by atoms with Gasteiger partial charge < -0.3 is 15.5 Å². The molecule has 7 heteroatoms. The Hall–Kier alpha value is -1.77. The number of hydrogen-bond donors (Lipinski definition) is 3. The van der Waals surface area contributed by atoms with Gasteiger partial charge in [-0.2, -0.15) is 4.31 Å². The summed E-state index contributed by atoms with van der Waals surface area (Å²) in [6.45, 7) is 0.504. The number of aliphatic hydroxyl groups excluding tert-OH is 1. The summed E-state index contributed by atoms with van der Waals surface area (Å²) >= 11 is 0. The number of β-amino-alcohol motifs (C(OH)–C–C–N with tert-alkyl or cyclic N) is 2. The van der Waals surface area contributed by atoms with Crippen LogP contribution in [0, 0.1) is 0 Å². The van der Waals surface area contributed by atoms with Crippen molar-refractivity contribution in [1.82, 2.24) is 9.62 Å². The maximum Gasteiger partial charge on any atom is 0.243 e.